The summed E-state index contributed by atoms with van der Waals surface area (Å²) in [4.78, 5) is 11.7. The molecular formula is C15H22N2O. The number of hydrogen-bond acceptors (Lipinski definition) is 2. The SMILES string of the molecule is CC(C)C(C)Nc1cccc(NC(=O)C2CC2)c1. The van der Waals surface area contributed by atoms with Gasteiger partial charge in [-0.3, -0.25) is 4.79 Å². The van der Waals surface area contributed by atoms with Gasteiger partial charge in [-0.25, -0.2) is 0 Å². The predicted molar refractivity (Wildman–Crippen MR) is 75.7 cm³/mol. The fourth-order valence-corrected chi connectivity index (χ4v) is 1.71. The van der Waals surface area contributed by atoms with Crippen LogP contribution >= 0.6 is 0 Å². The third kappa shape index (κ3) is 3.49. The van der Waals surface area contributed by atoms with Gasteiger partial charge in [-0.15, -0.1) is 0 Å². The van der Waals surface area contributed by atoms with Gasteiger partial charge in [0.2, 0.25) is 5.91 Å². The second-order valence-corrected chi connectivity index (χ2v) is 5.52. The van der Waals surface area contributed by atoms with Crippen molar-refractivity contribution in [1.29, 1.82) is 0 Å². The highest BCUT2D eigenvalue weighted by Crippen LogP contribution is 2.30. The maximum absolute atomic E-state index is 11.7. The molecule has 1 aliphatic rings. The zero-order valence-corrected chi connectivity index (χ0v) is 11.4. The molecule has 18 heavy (non-hydrogen) atoms. The van der Waals surface area contributed by atoms with Crippen molar-refractivity contribution in [2.45, 2.75) is 39.7 Å². The van der Waals surface area contributed by atoms with Crippen molar-refractivity contribution >= 4 is 17.3 Å². The van der Waals surface area contributed by atoms with E-state index in [9.17, 15) is 4.79 Å². The van der Waals surface area contributed by atoms with Crippen LogP contribution < -0.4 is 10.6 Å². The van der Waals surface area contributed by atoms with Gasteiger partial charge in [0.1, 0.15) is 0 Å². The number of nitrogens with one attached hydrogen (secondary N) is 2. The van der Waals surface area contributed by atoms with Gasteiger partial charge in [-0.05, 0) is 43.9 Å². The Morgan fingerprint density at radius 2 is 1.89 bits per heavy atom. The molecule has 3 heteroatoms. The number of amides is 1. The summed E-state index contributed by atoms with van der Waals surface area (Å²) in [5.41, 5.74) is 1.94. The van der Waals surface area contributed by atoms with Gasteiger partial charge in [0, 0.05) is 23.3 Å². The maximum Gasteiger partial charge on any atom is 0.227 e. The molecule has 1 fully saturated rings. The molecule has 0 bridgehead atoms. The molecular weight excluding hydrogens is 224 g/mol. The molecule has 1 saturated carbocycles. The zero-order chi connectivity index (χ0) is 13.1. The summed E-state index contributed by atoms with van der Waals surface area (Å²) >= 11 is 0. The standard InChI is InChI=1S/C15H22N2O/c1-10(2)11(3)16-13-5-4-6-14(9-13)17-15(18)12-7-8-12/h4-6,9-12,16H,7-8H2,1-3H3,(H,17,18). The van der Waals surface area contributed by atoms with E-state index >= 15 is 0 Å². The number of carbonyl (C=O) groups is 1. The van der Waals surface area contributed by atoms with Crippen LogP contribution in [0.3, 0.4) is 0 Å². The Bertz CT molecular complexity index is 424. The largest absolute Gasteiger partial charge is 0.382 e. The van der Waals surface area contributed by atoms with Gasteiger partial charge in [-0.2, -0.15) is 0 Å². The van der Waals surface area contributed by atoms with E-state index in [-0.39, 0.29) is 11.8 Å². The second-order valence-electron chi connectivity index (χ2n) is 5.52. The average Bonchev–Trinajstić information content (AvgIpc) is 3.12. The van der Waals surface area contributed by atoms with E-state index in [1.165, 1.54) is 0 Å². The minimum absolute atomic E-state index is 0.157. The first-order valence-corrected chi connectivity index (χ1v) is 6.73. The second kappa shape index (κ2) is 5.42. The Morgan fingerprint density at radius 3 is 2.50 bits per heavy atom. The van der Waals surface area contributed by atoms with Gasteiger partial charge in [0.05, 0.1) is 0 Å². The lowest BCUT2D eigenvalue weighted by atomic mass is 10.1. The van der Waals surface area contributed by atoms with E-state index in [4.69, 9.17) is 0 Å². The molecule has 1 amide bonds. The van der Waals surface area contributed by atoms with E-state index in [1.807, 2.05) is 24.3 Å². The summed E-state index contributed by atoms with van der Waals surface area (Å²) in [5, 5.41) is 6.42. The van der Waals surface area contributed by atoms with Crippen LogP contribution in [0.5, 0.6) is 0 Å². The van der Waals surface area contributed by atoms with Gasteiger partial charge in [0.25, 0.3) is 0 Å². The average molecular weight is 246 g/mol. The summed E-state index contributed by atoms with van der Waals surface area (Å²) in [6.45, 7) is 6.55. The van der Waals surface area contributed by atoms with E-state index in [1.54, 1.807) is 0 Å². The Hall–Kier alpha value is -1.51. The number of rotatable bonds is 5. The summed E-state index contributed by atoms with van der Waals surface area (Å²) in [6, 6.07) is 8.35. The molecule has 2 N–H and O–H groups in total. The topological polar surface area (TPSA) is 41.1 Å². The summed E-state index contributed by atoms with van der Waals surface area (Å²) in [5.74, 6) is 0.981. The Labute approximate surface area is 109 Å². The fraction of sp³-hybridized carbons (Fsp3) is 0.533. The molecule has 98 valence electrons. The highest BCUT2D eigenvalue weighted by atomic mass is 16.2. The summed E-state index contributed by atoms with van der Waals surface area (Å²) in [7, 11) is 0. The van der Waals surface area contributed by atoms with E-state index in [0.29, 0.717) is 12.0 Å². The normalized spacial score (nSPS) is 16.4. The van der Waals surface area contributed by atoms with Gasteiger partial charge >= 0.3 is 0 Å². The molecule has 1 aromatic rings. The molecule has 0 spiro atoms. The zero-order valence-electron chi connectivity index (χ0n) is 11.4. The Kier molecular flexibility index (Phi) is 3.90. The van der Waals surface area contributed by atoms with Crippen LogP contribution in [0.2, 0.25) is 0 Å². The molecule has 1 aliphatic carbocycles. The van der Waals surface area contributed by atoms with Crippen molar-refractivity contribution in [1.82, 2.24) is 0 Å². The summed E-state index contributed by atoms with van der Waals surface area (Å²) in [6.07, 6.45) is 2.07. The van der Waals surface area contributed by atoms with Crippen LogP contribution in [0.15, 0.2) is 24.3 Å². The van der Waals surface area contributed by atoms with Crippen molar-refractivity contribution in [2.24, 2.45) is 11.8 Å². The number of hydrogen-bond donors (Lipinski definition) is 2. The first-order valence-electron chi connectivity index (χ1n) is 6.73. The molecule has 0 saturated heterocycles. The van der Waals surface area contributed by atoms with Gasteiger partial charge in [-0.1, -0.05) is 19.9 Å². The van der Waals surface area contributed by atoms with E-state index < -0.39 is 0 Å². The lowest BCUT2D eigenvalue weighted by molar-refractivity contribution is -0.117. The molecule has 1 aromatic carbocycles. The lowest BCUT2D eigenvalue weighted by Gasteiger charge is -2.19. The lowest BCUT2D eigenvalue weighted by Crippen LogP contribution is -2.21. The first-order chi connectivity index (χ1) is 8.56. The number of benzene rings is 1. The van der Waals surface area contributed by atoms with Crippen LogP contribution in [-0.4, -0.2) is 11.9 Å². The molecule has 1 unspecified atom stereocenters. The minimum atomic E-state index is 0.157. The molecule has 0 radical (unpaired) electrons. The summed E-state index contributed by atoms with van der Waals surface area (Å²) < 4.78 is 0. The van der Waals surface area contributed by atoms with Crippen LogP contribution in [0, 0.1) is 11.8 Å². The van der Waals surface area contributed by atoms with Crippen LogP contribution in [0.4, 0.5) is 11.4 Å². The molecule has 3 nitrogen and oxygen atoms in total. The molecule has 0 aliphatic heterocycles. The van der Waals surface area contributed by atoms with Crippen molar-refractivity contribution in [3.63, 3.8) is 0 Å². The van der Waals surface area contributed by atoms with Crippen LogP contribution in [0.1, 0.15) is 33.6 Å². The highest BCUT2D eigenvalue weighted by molar-refractivity contribution is 5.94. The highest BCUT2D eigenvalue weighted by Gasteiger charge is 2.29. The van der Waals surface area contributed by atoms with Crippen LogP contribution in [0.25, 0.3) is 0 Å². The van der Waals surface area contributed by atoms with Crippen LogP contribution in [-0.2, 0) is 4.79 Å². The monoisotopic (exact) mass is 246 g/mol. The first kappa shape index (κ1) is 12.9. The third-order valence-corrected chi connectivity index (χ3v) is 3.47. The Balaban J connectivity index is 1.98. The van der Waals surface area contributed by atoms with Crippen molar-refractivity contribution < 1.29 is 4.79 Å². The van der Waals surface area contributed by atoms with Gasteiger partial charge in [0.15, 0.2) is 0 Å². The van der Waals surface area contributed by atoms with Gasteiger partial charge < -0.3 is 10.6 Å². The smallest absolute Gasteiger partial charge is 0.227 e. The molecule has 2 rings (SSSR count). The Morgan fingerprint density at radius 1 is 1.22 bits per heavy atom. The van der Waals surface area contributed by atoms with Crippen molar-refractivity contribution in [3.8, 4) is 0 Å². The van der Waals surface area contributed by atoms with E-state index in [2.05, 4.69) is 31.4 Å². The molecule has 0 aromatic heterocycles. The minimum Gasteiger partial charge on any atom is -0.382 e. The number of anilines is 2. The quantitative estimate of drug-likeness (QED) is 0.835. The molecule has 1 atom stereocenters. The third-order valence-electron chi connectivity index (χ3n) is 3.47. The maximum atomic E-state index is 11.7. The number of carbonyl (C=O) groups excluding carboxylic acids is 1. The predicted octanol–water partition coefficient (Wildman–Crippen LogP) is 3.49. The van der Waals surface area contributed by atoms with Crippen molar-refractivity contribution in [3.05, 3.63) is 24.3 Å². The molecule has 0 heterocycles. The van der Waals surface area contributed by atoms with Crippen molar-refractivity contribution in [2.75, 3.05) is 10.6 Å². The fourth-order valence-electron chi connectivity index (χ4n) is 1.71. The van der Waals surface area contributed by atoms with E-state index in [0.717, 1.165) is 24.2 Å².